The lowest BCUT2D eigenvalue weighted by molar-refractivity contribution is -0.129. The quantitative estimate of drug-likeness (QED) is 0.312. The number of benzene rings is 2. The second-order valence-corrected chi connectivity index (χ2v) is 7.16. The van der Waals surface area contributed by atoms with Gasteiger partial charge in [-0.15, -0.1) is 24.0 Å². The van der Waals surface area contributed by atoms with Crippen LogP contribution in [0.4, 0.5) is 4.39 Å². The van der Waals surface area contributed by atoms with Gasteiger partial charge in [-0.05, 0) is 31.5 Å². The van der Waals surface area contributed by atoms with Crippen LogP contribution < -0.4 is 15.4 Å². The highest BCUT2D eigenvalue weighted by Crippen LogP contribution is 2.27. The Morgan fingerprint density at radius 1 is 1.16 bits per heavy atom. The SMILES string of the molecule is CCNC(=NCc1ccccc1Oc1ccccc1F)NC1CCN(C(=O)CC)C1.I. The van der Waals surface area contributed by atoms with E-state index in [9.17, 15) is 9.18 Å². The maximum Gasteiger partial charge on any atom is 0.222 e. The summed E-state index contributed by atoms with van der Waals surface area (Å²) in [5.74, 6) is 1.22. The van der Waals surface area contributed by atoms with E-state index in [0.717, 1.165) is 25.1 Å². The fraction of sp³-hybridized carbons (Fsp3) is 0.391. The lowest BCUT2D eigenvalue weighted by Gasteiger charge is -2.19. The Morgan fingerprint density at radius 2 is 1.87 bits per heavy atom. The van der Waals surface area contributed by atoms with Crippen molar-refractivity contribution in [3.63, 3.8) is 0 Å². The van der Waals surface area contributed by atoms with Crippen molar-refractivity contribution >= 4 is 35.8 Å². The van der Waals surface area contributed by atoms with Crippen molar-refractivity contribution < 1.29 is 13.9 Å². The third-order valence-electron chi connectivity index (χ3n) is 4.97. The van der Waals surface area contributed by atoms with Crippen molar-refractivity contribution in [1.82, 2.24) is 15.5 Å². The summed E-state index contributed by atoms with van der Waals surface area (Å²) >= 11 is 0. The highest BCUT2D eigenvalue weighted by molar-refractivity contribution is 14.0. The predicted octanol–water partition coefficient (Wildman–Crippen LogP) is 4.30. The van der Waals surface area contributed by atoms with Gasteiger partial charge in [-0.25, -0.2) is 9.38 Å². The van der Waals surface area contributed by atoms with Gasteiger partial charge in [0.15, 0.2) is 17.5 Å². The molecule has 31 heavy (non-hydrogen) atoms. The number of carbonyl (C=O) groups is 1. The first kappa shape index (κ1) is 24.9. The van der Waals surface area contributed by atoms with Gasteiger partial charge in [0, 0.05) is 37.7 Å². The first-order chi connectivity index (χ1) is 14.6. The normalized spacial score (nSPS) is 15.9. The van der Waals surface area contributed by atoms with Crippen LogP contribution >= 0.6 is 24.0 Å². The number of aliphatic imine (C=N–C) groups is 1. The maximum atomic E-state index is 14.0. The fourth-order valence-electron chi connectivity index (χ4n) is 3.39. The van der Waals surface area contributed by atoms with E-state index in [0.29, 0.717) is 31.2 Å². The Hall–Kier alpha value is -2.36. The van der Waals surface area contributed by atoms with E-state index in [4.69, 9.17) is 4.74 Å². The molecule has 8 heteroatoms. The van der Waals surface area contributed by atoms with Crippen LogP contribution in [0.3, 0.4) is 0 Å². The van der Waals surface area contributed by atoms with Gasteiger partial charge in [0.25, 0.3) is 0 Å². The molecule has 2 aromatic carbocycles. The lowest BCUT2D eigenvalue weighted by atomic mass is 10.2. The number of ether oxygens (including phenoxy) is 1. The van der Waals surface area contributed by atoms with Crippen LogP contribution in [0.1, 0.15) is 32.3 Å². The Labute approximate surface area is 200 Å². The summed E-state index contributed by atoms with van der Waals surface area (Å²) in [5, 5.41) is 6.67. The summed E-state index contributed by atoms with van der Waals surface area (Å²) in [6.07, 6.45) is 1.42. The van der Waals surface area contributed by atoms with Gasteiger partial charge >= 0.3 is 0 Å². The summed E-state index contributed by atoms with van der Waals surface area (Å²) in [6.45, 7) is 6.45. The van der Waals surface area contributed by atoms with Crippen molar-refractivity contribution in [3.05, 3.63) is 59.9 Å². The van der Waals surface area contributed by atoms with E-state index >= 15 is 0 Å². The van der Waals surface area contributed by atoms with Crippen molar-refractivity contribution in [1.29, 1.82) is 0 Å². The number of amides is 1. The Kier molecular flexibility index (Phi) is 10.0. The van der Waals surface area contributed by atoms with Gasteiger partial charge in [-0.1, -0.05) is 37.3 Å². The second kappa shape index (κ2) is 12.5. The van der Waals surface area contributed by atoms with E-state index in [2.05, 4.69) is 15.6 Å². The molecule has 0 aliphatic carbocycles. The molecule has 1 fully saturated rings. The molecule has 1 aliphatic rings. The molecular formula is C23H30FIN4O2. The maximum absolute atomic E-state index is 14.0. The number of nitrogens with one attached hydrogen (secondary N) is 2. The van der Waals surface area contributed by atoms with Crippen LogP contribution in [-0.2, 0) is 11.3 Å². The molecule has 3 rings (SSSR count). The molecule has 1 unspecified atom stereocenters. The van der Waals surface area contributed by atoms with E-state index in [1.165, 1.54) is 6.07 Å². The third kappa shape index (κ3) is 7.09. The van der Waals surface area contributed by atoms with Gasteiger partial charge < -0.3 is 20.3 Å². The largest absolute Gasteiger partial charge is 0.454 e. The minimum absolute atomic E-state index is 0. The van der Waals surface area contributed by atoms with Crippen LogP contribution in [0.15, 0.2) is 53.5 Å². The number of halogens is 2. The Morgan fingerprint density at radius 3 is 2.58 bits per heavy atom. The number of hydrogen-bond donors (Lipinski definition) is 2. The average Bonchev–Trinajstić information content (AvgIpc) is 3.22. The molecule has 1 amide bonds. The molecule has 1 atom stereocenters. The molecule has 0 bridgehead atoms. The first-order valence-electron chi connectivity index (χ1n) is 10.4. The molecule has 0 saturated carbocycles. The van der Waals surface area contributed by atoms with Crippen molar-refractivity contribution in [2.75, 3.05) is 19.6 Å². The van der Waals surface area contributed by atoms with E-state index in [1.807, 2.05) is 43.0 Å². The zero-order valence-electron chi connectivity index (χ0n) is 17.9. The first-order valence-corrected chi connectivity index (χ1v) is 10.4. The zero-order valence-corrected chi connectivity index (χ0v) is 20.3. The number of nitrogens with zero attached hydrogens (tertiary/aromatic N) is 2. The highest BCUT2D eigenvalue weighted by atomic mass is 127. The van der Waals surface area contributed by atoms with Crippen LogP contribution in [0.2, 0.25) is 0 Å². The molecule has 0 radical (unpaired) electrons. The molecule has 2 aromatic rings. The molecule has 1 saturated heterocycles. The van der Waals surface area contributed by atoms with Crippen LogP contribution in [0.5, 0.6) is 11.5 Å². The molecular weight excluding hydrogens is 510 g/mol. The Bertz CT molecular complexity index is 893. The van der Waals surface area contributed by atoms with Gasteiger partial charge in [0.2, 0.25) is 5.91 Å². The molecule has 2 N–H and O–H groups in total. The Balaban J connectivity index is 0.00000341. The van der Waals surface area contributed by atoms with Crippen molar-refractivity contribution in [2.45, 2.75) is 39.3 Å². The highest BCUT2D eigenvalue weighted by Gasteiger charge is 2.25. The number of para-hydroxylation sites is 2. The van der Waals surface area contributed by atoms with Crippen molar-refractivity contribution in [3.8, 4) is 11.5 Å². The summed E-state index contributed by atoms with van der Waals surface area (Å²) < 4.78 is 19.8. The van der Waals surface area contributed by atoms with E-state index in [-0.39, 0.29) is 41.7 Å². The zero-order chi connectivity index (χ0) is 21.3. The second-order valence-electron chi connectivity index (χ2n) is 7.16. The van der Waals surface area contributed by atoms with Gasteiger partial charge in [-0.2, -0.15) is 0 Å². The predicted molar refractivity (Wildman–Crippen MR) is 132 cm³/mol. The number of hydrogen-bond acceptors (Lipinski definition) is 3. The minimum atomic E-state index is -0.404. The number of likely N-dealkylation sites (tertiary alicyclic amines) is 1. The van der Waals surface area contributed by atoms with Crippen molar-refractivity contribution in [2.24, 2.45) is 4.99 Å². The third-order valence-corrected chi connectivity index (χ3v) is 4.97. The molecule has 0 spiro atoms. The van der Waals surface area contributed by atoms with Crippen LogP contribution in [-0.4, -0.2) is 42.4 Å². The monoisotopic (exact) mass is 540 g/mol. The fourth-order valence-corrected chi connectivity index (χ4v) is 3.39. The average molecular weight is 540 g/mol. The summed E-state index contributed by atoms with van der Waals surface area (Å²) in [7, 11) is 0. The summed E-state index contributed by atoms with van der Waals surface area (Å²) in [5.41, 5.74) is 0.854. The van der Waals surface area contributed by atoms with Gasteiger partial charge in [-0.3, -0.25) is 4.79 Å². The molecule has 6 nitrogen and oxygen atoms in total. The van der Waals surface area contributed by atoms with Gasteiger partial charge in [0.05, 0.1) is 6.54 Å². The number of carbonyl (C=O) groups excluding carboxylic acids is 1. The minimum Gasteiger partial charge on any atom is -0.454 e. The standard InChI is InChI=1S/C23H29FN4O2.HI/c1-3-22(29)28-14-13-18(16-28)27-23(25-4-2)26-15-17-9-5-7-11-20(17)30-21-12-8-6-10-19(21)24;/h5-12,18H,3-4,13-16H2,1-2H3,(H2,25,26,27);1H. The van der Waals surface area contributed by atoms with Crippen LogP contribution in [0.25, 0.3) is 0 Å². The smallest absolute Gasteiger partial charge is 0.222 e. The molecule has 1 heterocycles. The van der Waals surface area contributed by atoms with E-state index < -0.39 is 5.82 Å². The molecule has 168 valence electrons. The van der Waals surface area contributed by atoms with Crippen LogP contribution in [0, 0.1) is 5.82 Å². The number of guanidine groups is 1. The van der Waals surface area contributed by atoms with Gasteiger partial charge in [0.1, 0.15) is 5.75 Å². The summed E-state index contributed by atoms with van der Waals surface area (Å²) in [6, 6.07) is 14.0. The lowest BCUT2D eigenvalue weighted by Crippen LogP contribution is -2.45. The molecule has 1 aliphatic heterocycles. The molecule has 0 aromatic heterocycles. The topological polar surface area (TPSA) is 66.0 Å². The number of rotatable bonds is 7. The van der Waals surface area contributed by atoms with E-state index in [1.54, 1.807) is 18.2 Å². The summed E-state index contributed by atoms with van der Waals surface area (Å²) in [4.78, 5) is 18.5.